The van der Waals surface area contributed by atoms with E-state index in [1.807, 2.05) is 0 Å². The lowest BCUT2D eigenvalue weighted by Crippen LogP contribution is -2.44. The van der Waals surface area contributed by atoms with Crippen LogP contribution in [-0.4, -0.2) is 33.0 Å². The number of piperidine rings is 1. The molecule has 4 heteroatoms. The molecule has 2 aliphatic heterocycles. The van der Waals surface area contributed by atoms with Crippen molar-refractivity contribution in [2.75, 3.05) is 24.6 Å². The fourth-order valence-electron chi connectivity index (χ4n) is 2.65. The van der Waals surface area contributed by atoms with Gasteiger partial charge in [-0.25, -0.2) is 8.42 Å². The summed E-state index contributed by atoms with van der Waals surface area (Å²) < 4.78 is 22.9. The van der Waals surface area contributed by atoms with Crippen LogP contribution in [0.3, 0.4) is 0 Å². The predicted octanol–water partition coefficient (Wildman–Crippen LogP) is 0.421. The normalized spacial score (nSPS) is 43.9. The second-order valence-corrected chi connectivity index (χ2v) is 6.74. The molecule has 3 nitrogen and oxygen atoms in total. The van der Waals surface area contributed by atoms with E-state index in [1.165, 1.54) is 0 Å². The van der Waals surface area contributed by atoms with Crippen LogP contribution in [0, 0.1) is 11.3 Å². The third kappa shape index (κ3) is 1.62. The van der Waals surface area contributed by atoms with Crippen molar-refractivity contribution in [2.24, 2.45) is 11.3 Å². The topological polar surface area (TPSA) is 46.2 Å². The monoisotopic (exact) mass is 203 g/mol. The highest BCUT2D eigenvalue weighted by molar-refractivity contribution is 7.91. The van der Waals surface area contributed by atoms with E-state index in [0.29, 0.717) is 17.4 Å². The molecule has 2 unspecified atom stereocenters. The Kier molecular flexibility index (Phi) is 2.15. The highest BCUT2D eigenvalue weighted by Crippen LogP contribution is 2.43. The van der Waals surface area contributed by atoms with E-state index in [1.54, 1.807) is 0 Å². The molecule has 0 radical (unpaired) electrons. The van der Waals surface area contributed by atoms with Crippen LogP contribution in [0.1, 0.15) is 19.8 Å². The molecule has 2 rings (SSSR count). The Bertz CT molecular complexity index is 299. The number of hydrogen-bond donors (Lipinski definition) is 1. The van der Waals surface area contributed by atoms with Crippen molar-refractivity contribution in [3.05, 3.63) is 0 Å². The minimum Gasteiger partial charge on any atom is -0.316 e. The first-order chi connectivity index (χ1) is 6.04. The van der Waals surface area contributed by atoms with Gasteiger partial charge in [0.15, 0.2) is 9.84 Å². The van der Waals surface area contributed by atoms with Crippen molar-refractivity contribution in [3.8, 4) is 0 Å². The van der Waals surface area contributed by atoms with Gasteiger partial charge in [0.1, 0.15) is 0 Å². The van der Waals surface area contributed by atoms with Crippen molar-refractivity contribution in [1.82, 2.24) is 5.32 Å². The zero-order chi connectivity index (χ0) is 9.53. The van der Waals surface area contributed by atoms with Crippen molar-refractivity contribution in [2.45, 2.75) is 19.8 Å². The van der Waals surface area contributed by atoms with Crippen LogP contribution in [0.25, 0.3) is 0 Å². The lowest BCUT2D eigenvalue weighted by atomic mass is 9.71. The largest absolute Gasteiger partial charge is 0.316 e. The van der Waals surface area contributed by atoms with Gasteiger partial charge in [-0.2, -0.15) is 0 Å². The summed E-state index contributed by atoms with van der Waals surface area (Å²) in [6, 6.07) is 0. The second kappa shape index (κ2) is 2.95. The van der Waals surface area contributed by atoms with Gasteiger partial charge in [0.2, 0.25) is 0 Å². The minimum absolute atomic E-state index is 0.115. The molecule has 1 N–H and O–H groups in total. The van der Waals surface area contributed by atoms with E-state index < -0.39 is 9.84 Å². The van der Waals surface area contributed by atoms with Crippen LogP contribution in [0.2, 0.25) is 0 Å². The van der Waals surface area contributed by atoms with E-state index in [-0.39, 0.29) is 5.41 Å². The van der Waals surface area contributed by atoms with E-state index >= 15 is 0 Å². The first kappa shape index (κ1) is 9.46. The lowest BCUT2D eigenvalue weighted by Gasteiger charge is -2.38. The third-order valence-corrected chi connectivity index (χ3v) is 5.55. The van der Waals surface area contributed by atoms with Crippen molar-refractivity contribution < 1.29 is 8.42 Å². The van der Waals surface area contributed by atoms with Crippen molar-refractivity contribution in [3.63, 3.8) is 0 Å². The lowest BCUT2D eigenvalue weighted by molar-refractivity contribution is 0.153. The Morgan fingerprint density at radius 1 is 1.38 bits per heavy atom. The Hall–Kier alpha value is -0.0900. The number of hydrogen-bond acceptors (Lipinski definition) is 3. The molecule has 2 saturated heterocycles. The zero-order valence-electron chi connectivity index (χ0n) is 8.04. The molecule has 0 saturated carbocycles. The van der Waals surface area contributed by atoms with Gasteiger partial charge in [0, 0.05) is 0 Å². The molecular formula is C9H17NO2S. The molecule has 0 aliphatic carbocycles. The molecule has 2 atom stereocenters. The summed E-state index contributed by atoms with van der Waals surface area (Å²) in [4.78, 5) is 0. The summed E-state index contributed by atoms with van der Waals surface area (Å²) in [5.74, 6) is 1.36. The standard InChI is InChI=1S/C9H17NO2S/c1-8-6-10-4-2-9(8)3-5-13(11,12)7-9/h8,10H,2-7H2,1H3. The summed E-state index contributed by atoms with van der Waals surface area (Å²) in [5.41, 5.74) is 0.115. The Morgan fingerprint density at radius 3 is 2.69 bits per heavy atom. The van der Waals surface area contributed by atoms with E-state index in [4.69, 9.17) is 0 Å². The smallest absolute Gasteiger partial charge is 0.150 e. The van der Waals surface area contributed by atoms with Gasteiger partial charge >= 0.3 is 0 Å². The van der Waals surface area contributed by atoms with Crippen LogP contribution < -0.4 is 5.32 Å². The molecule has 0 aromatic carbocycles. The molecule has 0 aromatic heterocycles. The van der Waals surface area contributed by atoms with Crippen molar-refractivity contribution in [1.29, 1.82) is 0 Å². The second-order valence-electron chi connectivity index (χ2n) is 4.56. The van der Waals surface area contributed by atoms with Crippen LogP contribution >= 0.6 is 0 Å². The molecule has 2 aliphatic rings. The van der Waals surface area contributed by atoms with Crippen molar-refractivity contribution >= 4 is 9.84 Å². The Balaban J connectivity index is 2.21. The maximum absolute atomic E-state index is 11.4. The van der Waals surface area contributed by atoms with Crippen LogP contribution in [0.5, 0.6) is 0 Å². The molecule has 0 amide bonds. The van der Waals surface area contributed by atoms with E-state index in [0.717, 1.165) is 25.9 Å². The fourth-order valence-corrected chi connectivity index (χ4v) is 4.96. The first-order valence-corrected chi connectivity index (χ1v) is 6.77. The molecule has 76 valence electrons. The highest BCUT2D eigenvalue weighted by atomic mass is 32.2. The van der Waals surface area contributed by atoms with Gasteiger partial charge in [0.05, 0.1) is 11.5 Å². The van der Waals surface area contributed by atoms with Crippen LogP contribution in [-0.2, 0) is 9.84 Å². The molecule has 0 aromatic rings. The number of rotatable bonds is 0. The number of nitrogens with one attached hydrogen (secondary N) is 1. The van der Waals surface area contributed by atoms with Gasteiger partial charge in [0.25, 0.3) is 0 Å². The molecule has 0 bridgehead atoms. The van der Waals surface area contributed by atoms with Gasteiger partial charge in [-0.1, -0.05) is 6.92 Å². The fraction of sp³-hybridized carbons (Fsp3) is 1.00. The van der Waals surface area contributed by atoms with Gasteiger partial charge < -0.3 is 5.32 Å². The molecular weight excluding hydrogens is 186 g/mol. The first-order valence-electron chi connectivity index (χ1n) is 4.95. The van der Waals surface area contributed by atoms with Gasteiger partial charge in [-0.05, 0) is 37.3 Å². The molecule has 2 heterocycles. The predicted molar refractivity (Wildman–Crippen MR) is 52.4 cm³/mol. The maximum Gasteiger partial charge on any atom is 0.150 e. The number of sulfone groups is 1. The van der Waals surface area contributed by atoms with E-state index in [9.17, 15) is 8.42 Å². The third-order valence-electron chi connectivity index (χ3n) is 3.71. The zero-order valence-corrected chi connectivity index (χ0v) is 8.86. The SMILES string of the molecule is CC1CNCCC12CCS(=O)(=O)C2. The van der Waals surface area contributed by atoms with E-state index in [2.05, 4.69) is 12.2 Å². The summed E-state index contributed by atoms with van der Waals surface area (Å²) in [6.07, 6.45) is 1.92. The summed E-state index contributed by atoms with van der Waals surface area (Å²) in [5, 5.41) is 3.32. The average Bonchev–Trinajstić information content (AvgIpc) is 2.35. The Labute approximate surface area is 79.8 Å². The van der Waals surface area contributed by atoms with Gasteiger partial charge in [-0.3, -0.25) is 0 Å². The summed E-state index contributed by atoms with van der Waals surface area (Å²) in [6.45, 7) is 4.14. The maximum atomic E-state index is 11.4. The highest BCUT2D eigenvalue weighted by Gasteiger charge is 2.46. The van der Waals surface area contributed by atoms with Crippen LogP contribution in [0.15, 0.2) is 0 Å². The van der Waals surface area contributed by atoms with Crippen LogP contribution in [0.4, 0.5) is 0 Å². The molecule has 1 spiro atoms. The molecule has 13 heavy (non-hydrogen) atoms. The average molecular weight is 203 g/mol. The summed E-state index contributed by atoms with van der Waals surface area (Å²) >= 11 is 0. The Morgan fingerprint density at radius 2 is 2.15 bits per heavy atom. The summed E-state index contributed by atoms with van der Waals surface area (Å²) in [7, 11) is -2.72. The quantitative estimate of drug-likeness (QED) is 0.620. The van der Waals surface area contributed by atoms with Gasteiger partial charge in [-0.15, -0.1) is 0 Å². The molecule has 2 fully saturated rings. The minimum atomic E-state index is -2.72.